The van der Waals surface area contributed by atoms with Gasteiger partial charge in [-0.3, -0.25) is 9.78 Å². The van der Waals surface area contributed by atoms with E-state index < -0.39 is 0 Å². The maximum Gasteiger partial charge on any atom is 0.221 e. The Balaban J connectivity index is 1.65. The van der Waals surface area contributed by atoms with Crippen molar-refractivity contribution in [3.05, 3.63) is 77.5 Å². The maximum absolute atomic E-state index is 11.0. The molecule has 26 heavy (non-hydrogen) atoms. The van der Waals surface area contributed by atoms with E-state index in [0.717, 1.165) is 47.5 Å². The summed E-state index contributed by atoms with van der Waals surface area (Å²) < 4.78 is 0. The summed E-state index contributed by atoms with van der Waals surface area (Å²) in [5.41, 5.74) is 12.9. The number of aryl methyl sites for hydroxylation is 1. The van der Waals surface area contributed by atoms with Crippen molar-refractivity contribution in [2.45, 2.75) is 25.7 Å². The van der Waals surface area contributed by atoms with Gasteiger partial charge in [0.25, 0.3) is 0 Å². The molecule has 0 bridgehead atoms. The Kier molecular flexibility index (Phi) is 4.40. The van der Waals surface area contributed by atoms with Gasteiger partial charge in [-0.2, -0.15) is 0 Å². The quantitative estimate of drug-likeness (QED) is 0.735. The van der Waals surface area contributed by atoms with E-state index in [2.05, 4.69) is 23.5 Å². The first-order chi connectivity index (χ1) is 12.7. The molecule has 0 aliphatic heterocycles. The Bertz CT molecular complexity index is 934. The average molecular weight is 343 g/mol. The van der Waals surface area contributed by atoms with Crippen molar-refractivity contribution in [2.75, 3.05) is 5.32 Å². The van der Waals surface area contributed by atoms with Crippen LogP contribution in [-0.4, -0.2) is 10.9 Å². The lowest BCUT2D eigenvalue weighted by atomic mass is 10.1. The lowest BCUT2D eigenvalue weighted by Crippen LogP contribution is -2.13. The topological polar surface area (TPSA) is 68.0 Å². The van der Waals surface area contributed by atoms with Crippen LogP contribution in [0.1, 0.15) is 23.2 Å². The summed E-state index contributed by atoms with van der Waals surface area (Å²) in [6.45, 7) is 0. The predicted molar refractivity (Wildman–Crippen MR) is 104 cm³/mol. The molecule has 0 saturated carbocycles. The smallest absolute Gasteiger partial charge is 0.221 e. The lowest BCUT2D eigenvalue weighted by molar-refractivity contribution is -0.117. The molecule has 4 nitrogen and oxygen atoms in total. The zero-order chi connectivity index (χ0) is 17.9. The van der Waals surface area contributed by atoms with Crippen molar-refractivity contribution in [3.63, 3.8) is 0 Å². The maximum atomic E-state index is 11.0. The minimum absolute atomic E-state index is 0.267. The van der Waals surface area contributed by atoms with Crippen LogP contribution in [0.4, 0.5) is 11.4 Å². The molecule has 2 aromatic carbocycles. The molecule has 0 saturated heterocycles. The summed E-state index contributed by atoms with van der Waals surface area (Å²) in [7, 11) is 0. The first-order valence-electron chi connectivity index (χ1n) is 8.91. The summed E-state index contributed by atoms with van der Waals surface area (Å²) in [6, 6.07) is 20.3. The fraction of sp³-hybridized carbons (Fsp3) is 0.182. The number of amides is 1. The zero-order valence-corrected chi connectivity index (χ0v) is 14.5. The number of hydrogen-bond acceptors (Lipinski definition) is 3. The molecule has 4 rings (SSSR count). The highest BCUT2D eigenvalue weighted by molar-refractivity contribution is 5.77. The Hall–Kier alpha value is -3.14. The number of benzene rings is 2. The van der Waals surface area contributed by atoms with Crippen LogP contribution in [0.3, 0.4) is 0 Å². The van der Waals surface area contributed by atoms with E-state index >= 15 is 0 Å². The highest BCUT2D eigenvalue weighted by Crippen LogP contribution is 2.33. The zero-order valence-electron chi connectivity index (χ0n) is 14.5. The highest BCUT2D eigenvalue weighted by atomic mass is 16.1. The predicted octanol–water partition coefficient (Wildman–Crippen LogP) is 4.01. The van der Waals surface area contributed by atoms with Crippen LogP contribution in [0, 0.1) is 0 Å². The van der Waals surface area contributed by atoms with Gasteiger partial charge in [-0.05, 0) is 48.6 Å². The molecule has 130 valence electrons. The summed E-state index contributed by atoms with van der Waals surface area (Å²) in [6.07, 6.45) is 3.50. The van der Waals surface area contributed by atoms with Gasteiger partial charge in [-0.1, -0.05) is 42.5 Å². The second kappa shape index (κ2) is 7.00. The molecule has 0 fully saturated rings. The fourth-order valence-corrected chi connectivity index (χ4v) is 3.47. The van der Waals surface area contributed by atoms with Gasteiger partial charge in [0, 0.05) is 22.6 Å². The van der Waals surface area contributed by atoms with Gasteiger partial charge in [-0.15, -0.1) is 0 Å². The van der Waals surface area contributed by atoms with Gasteiger partial charge in [0.05, 0.1) is 12.1 Å². The summed E-state index contributed by atoms with van der Waals surface area (Å²) in [4.78, 5) is 15.9. The molecule has 3 N–H and O–H groups in total. The van der Waals surface area contributed by atoms with E-state index in [-0.39, 0.29) is 12.3 Å². The number of aromatic nitrogens is 1. The molecule has 1 aromatic heterocycles. The van der Waals surface area contributed by atoms with Gasteiger partial charge in [0.2, 0.25) is 5.91 Å². The minimum Gasteiger partial charge on any atom is -0.369 e. The number of primary amides is 1. The van der Waals surface area contributed by atoms with Crippen molar-refractivity contribution < 1.29 is 4.79 Å². The second-order valence-electron chi connectivity index (χ2n) is 6.66. The first-order valence-corrected chi connectivity index (χ1v) is 8.91. The van der Waals surface area contributed by atoms with E-state index in [1.807, 2.05) is 42.5 Å². The van der Waals surface area contributed by atoms with Crippen molar-refractivity contribution in [1.82, 2.24) is 4.98 Å². The minimum atomic E-state index is -0.315. The van der Waals surface area contributed by atoms with Crippen LogP contribution >= 0.6 is 0 Å². The average Bonchev–Trinajstić information content (AvgIpc) is 3.12. The molecule has 1 aliphatic carbocycles. The molecule has 0 atom stereocenters. The second-order valence-corrected chi connectivity index (χ2v) is 6.66. The summed E-state index contributed by atoms with van der Waals surface area (Å²) in [5.74, 6) is -0.315. The third kappa shape index (κ3) is 3.45. The molecule has 1 heterocycles. The number of fused-ring (bicyclic) bond motifs is 1. The largest absolute Gasteiger partial charge is 0.369 e. The summed E-state index contributed by atoms with van der Waals surface area (Å²) in [5, 5.41) is 3.54. The van der Waals surface area contributed by atoms with Crippen molar-refractivity contribution in [1.29, 1.82) is 0 Å². The number of nitrogens with zero attached hydrogens (tertiary/aromatic N) is 1. The molecule has 3 aromatic rings. The van der Waals surface area contributed by atoms with E-state index in [4.69, 9.17) is 10.7 Å². The Morgan fingerprint density at radius 3 is 2.54 bits per heavy atom. The molecule has 1 amide bonds. The van der Waals surface area contributed by atoms with Gasteiger partial charge in [0.15, 0.2) is 0 Å². The lowest BCUT2D eigenvalue weighted by Gasteiger charge is -2.14. The number of carbonyl (C=O) groups excluding carboxylic acids is 1. The Labute approximate surface area is 153 Å². The van der Waals surface area contributed by atoms with Gasteiger partial charge in [-0.25, -0.2) is 0 Å². The molecular weight excluding hydrogens is 322 g/mol. The van der Waals surface area contributed by atoms with Crippen LogP contribution in [-0.2, 0) is 24.1 Å². The number of rotatable bonds is 5. The normalized spacial score (nSPS) is 12.6. The van der Waals surface area contributed by atoms with E-state index in [0.29, 0.717) is 0 Å². The fourth-order valence-electron chi connectivity index (χ4n) is 3.47. The van der Waals surface area contributed by atoms with E-state index in [1.165, 1.54) is 11.3 Å². The Morgan fingerprint density at radius 2 is 1.81 bits per heavy atom. The van der Waals surface area contributed by atoms with Gasteiger partial charge >= 0.3 is 0 Å². The number of hydrogen-bond donors (Lipinski definition) is 2. The van der Waals surface area contributed by atoms with Crippen molar-refractivity contribution in [2.24, 2.45) is 5.73 Å². The standard InChI is InChI=1S/C22H21N3O/c23-22(26)13-15-9-11-17(12-10-15)24-21-14-20(16-5-2-1-3-6-16)25-19-8-4-7-18(19)21/h1-3,5-6,9-12,14H,4,7-8,13H2,(H2,23,26)(H,24,25). The Morgan fingerprint density at radius 1 is 1.04 bits per heavy atom. The molecule has 1 aliphatic rings. The van der Waals surface area contributed by atoms with Crippen LogP contribution in [0.15, 0.2) is 60.7 Å². The summed E-state index contributed by atoms with van der Waals surface area (Å²) >= 11 is 0. The van der Waals surface area contributed by atoms with Crippen LogP contribution < -0.4 is 11.1 Å². The number of nitrogens with one attached hydrogen (secondary N) is 1. The molecule has 0 unspecified atom stereocenters. The number of nitrogens with two attached hydrogens (primary N) is 1. The number of pyridine rings is 1. The molecule has 0 radical (unpaired) electrons. The van der Waals surface area contributed by atoms with E-state index in [1.54, 1.807) is 0 Å². The van der Waals surface area contributed by atoms with Crippen LogP contribution in [0.2, 0.25) is 0 Å². The molecular formula is C22H21N3O. The van der Waals surface area contributed by atoms with Crippen LogP contribution in [0.5, 0.6) is 0 Å². The monoisotopic (exact) mass is 343 g/mol. The van der Waals surface area contributed by atoms with Crippen molar-refractivity contribution >= 4 is 17.3 Å². The molecule has 0 spiro atoms. The molecule has 4 heteroatoms. The third-order valence-corrected chi connectivity index (χ3v) is 4.73. The van der Waals surface area contributed by atoms with Crippen LogP contribution in [0.25, 0.3) is 11.3 Å². The third-order valence-electron chi connectivity index (χ3n) is 4.73. The van der Waals surface area contributed by atoms with Crippen molar-refractivity contribution in [3.8, 4) is 11.3 Å². The number of anilines is 2. The SMILES string of the molecule is NC(=O)Cc1ccc(Nc2cc(-c3ccccc3)nc3c2CCC3)cc1. The van der Waals surface area contributed by atoms with Gasteiger partial charge < -0.3 is 11.1 Å². The first kappa shape index (κ1) is 16.3. The number of carbonyl (C=O) groups is 1. The van der Waals surface area contributed by atoms with E-state index in [9.17, 15) is 4.79 Å². The highest BCUT2D eigenvalue weighted by Gasteiger charge is 2.18. The van der Waals surface area contributed by atoms with Gasteiger partial charge in [0.1, 0.15) is 0 Å².